The highest BCUT2D eigenvalue weighted by atomic mass is 35.5. The molecule has 2 aromatic heterocycles. The van der Waals surface area contributed by atoms with Crippen LogP contribution in [0.3, 0.4) is 0 Å². The van der Waals surface area contributed by atoms with Gasteiger partial charge in [-0.1, -0.05) is 23.4 Å². The lowest BCUT2D eigenvalue weighted by atomic mass is 10.2. The Kier molecular flexibility index (Phi) is 7.58. The van der Waals surface area contributed by atoms with Crippen molar-refractivity contribution in [3.63, 3.8) is 0 Å². The molecule has 3 rings (SSSR count). The molecule has 0 radical (unpaired) electrons. The maximum Gasteiger partial charge on any atom is 0.340 e. The molecule has 0 fully saturated rings. The van der Waals surface area contributed by atoms with Gasteiger partial charge in [0.25, 0.3) is 0 Å². The number of rotatable bonds is 8. The molecule has 0 aliphatic heterocycles. The van der Waals surface area contributed by atoms with E-state index in [1.54, 1.807) is 28.1 Å². The molecule has 1 amide bonds. The van der Waals surface area contributed by atoms with E-state index in [0.29, 0.717) is 32.3 Å². The molecule has 0 spiro atoms. The summed E-state index contributed by atoms with van der Waals surface area (Å²) in [6.07, 6.45) is -0.352. The summed E-state index contributed by atoms with van der Waals surface area (Å²) < 4.78 is 12.5. The van der Waals surface area contributed by atoms with Crippen LogP contribution in [0.1, 0.15) is 34.8 Å². The number of hydrogen-bond acceptors (Lipinski definition) is 8. The third-order valence-corrected chi connectivity index (χ3v) is 6.60. The van der Waals surface area contributed by atoms with E-state index in [0.717, 1.165) is 5.56 Å². The summed E-state index contributed by atoms with van der Waals surface area (Å²) in [5.41, 5.74) is 1.25. The predicted molar refractivity (Wildman–Crippen MR) is 121 cm³/mol. The van der Waals surface area contributed by atoms with Crippen molar-refractivity contribution < 1.29 is 19.1 Å². The summed E-state index contributed by atoms with van der Waals surface area (Å²) in [6, 6.07) is 7.06. The predicted octanol–water partition coefficient (Wildman–Crippen LogP) is 4.50. The summed E-state index contributed by atoms with van der Waals surface area (Å²) in [5, 5.41) is 14.5. The molecule has 11 heteroatoms. The molecule has 8 nitrogen and oxygen atoms in total. The molecule has 1 aromatic carbocycles. The maximum absolute atomic E-state index is 12.3. The van der Waals surface area contributed by atoms with Crippen LogP contribution in [0.2, 0.25) is 5.02 Å². The number of carbonyl (C=O) groups is 2. The van der Waals surface area contributed by atoms with E-state index in [1.807, 2.05) is 27.0 Å². The fourth-order valence-electron chi connectivity index (χ4n) is 2.72. The van der Waals surface area contributed by atoms with Crippen LogP contribution in [0.15, 0.2) is 34.8 Å². The van der Waals surface area contributed by atoms with Crippen LogP contribution in [0.25, 0.3) is 0 Å². The van der Waals surface area contributed by atoms with Gasteiger partial charge in [-0.15, -0.1) is 21.5 Å². The van der Waals surface area contributed by atoms with Gasteiger partial charge in [0.05, 0.1) is 18.4 Å². The minimum atomic E-state index is -0.494. The zero-order chi connectivity index (χ0) is 22.5. The molecule has 31 heavy (non-hydrogen) atoms. The summed E-state index contributed by atoms with van der Waals surface area (Å²) in [4.78, 5) is 24.1. The lowest BCUT2D eigenvalue weighted by Crippen LogP contribution is -2.16. The van der Waals surface area contributed by atoms with E-state index in [-0.39, 0.29) is 17.8 Å². The summed E-state index contributed by atoms with van der Waals surface area (Å²) in [5.74, 6) is 0.663. The zero-order valence-corrected chi connectivity index (χ0v) is 19.7. The van der Waals surface area contributed by atoms with Crippen LogP contribution in [0.5, 0.6) is 5.75 Å². The zero-order valence-electron chi connectivity index (χ0n) is 17.3. The van der Waals surface area contributed by atoms with Gasteiger partial charge in [0.2, 0.25) is 5.91 Å². The van der Waals surface area contributed by atoms with Crippen molar-refractivity contribution in [2.24, 2.45) is 7.05 Å². The highest BCUT2D eigenvalue weighted by Crippen LogP contribution is 2.27. The molecule has 0 aliphatic carbocycles. The number of hydrogen-bond donors (Lipinski definition) is 1. The fourth-order valence-corrected chi connectivity index (χ4v) is 4.35. The number of methoxy groups -OCH3 is 1. The van der Waals surface area contributed by atoms with Crippen LogP contribution in [0, 0.1) is 6.92 Å². The number of amides is 1. The molecule has 0 saturated heterocycles. The summed E-state index contributed by atoms with van der Waals surface area (Å²) in [6.45, 7) is 3.78. The normalized spacial score (nSPS) is 11.8. The summed E-state index contributed by atoms with van der Waals surface area (Å²) in [7, 11) is 3.11. The molecular formula is C20H21ClN4O4S2. The Morgan fingerprint density at radius 2 is 2.10 bits per heavy atom. The van der Waals surface area contributed by atoms with E-state index in [9.17, 15) is 9.59 Å². The third-order valence-electron chi connectivity index (χ3n) is 4.33. The second-order valence-electron chi connectivity index (χ2n) is 6.56. The lowest BCUT2D eigenvalue weighted by Gasteiger charge is -2.15. The first-order chi connectivity index (χ1) is 14.8. The quantitative estimate of drug-likeness (QED) is 0.374. The van der Waals surface area contributed by atoms with Crippen molar-refractivity contribution in [2.75, 3.05) is 18.2 Å². The Hall–Kier alpha value is -2.56. The first-order valence-electron chi connectivity index (χ1n) is 9.20. The van der Waals surface area contributed by atoms with Gasteiger partial charge in [0, 0.05) is 12.1 Å². The number of thioether (sulfide) groups is 1. The molecule has 1 atom stereocenters. The number of nitrogens with zero attached hydrogens (tertiary/aromatic N) is 3. The topological polar surface area (TPSA) is 95.3 Å². The Bertz CT molecular complexity index is 1100. The molecular weight excluding hydrogens is 460 g/mol. The van der Waals surface area contributed by atoms with Crippen LogP contribution < -0.4 is 10.1 Å². The van der Waals surface area contributed by atoms with Crippen LogP contribution in [-0.4, -0.2) is 39.5 Å². The van der Waals surface area contributed by atoms with Crippen LogP contribution in [0.4, 0.5) is 5.00 Å². The number of ether oxygens (including phenoxy) is 2. The molecule has 1 unspecified atom stereocenters. The highest BCUT2D eigenvalue weighted by Gasteiger charge is 2.19. The molecule has 0 aliphatic rings. The number of halogens is 1. The number of aromatic nitrogens is 3. The minimum absolute atomic E-state index is 0.107. The van der Waals surface area contributed by atoms with Crippen molar-refractivity contribution in [1.29, 1.82) is 0 Å². The molecule has 0 bridgehead atoms. The second-order valence-corrected chi connectivity index (χ2v) is 8.83. The van der Waals surface area contributed by atoms with Gasteiger partial charge in [0.15, 0.2) is 17.1 Å². The smallest absolute Gasteiger partial charge is 0.340 e. The largest absolute Gasteiger partial charge is 0.483 e. The SMILES string of the molecule is COC(=O)c1ccsc1NC(=O)CSc1nnc(C(C)Oc2ccc(Cl)c(C)c2)n1C. The lowest BCUT2D eigenvalue weighted by molar-refractivity contribution is -0.113. The number of nitrogens with one attached hydrogen (secondary N) is 1. The average Bonchev–Trinajstić information content (AvgIpc) is 3.35. The van der Waals surface area contributed by atoms with Gasteiger partial charge in [-0.3, -0.25) is 4.79 Å². The monoisotopic (exact) mass is 480 g/mol. The molecule has 164 valence electrons. The fraction of sp³-hybridized carbons (Fsp3) is 0.300. The van der Waals surface area contributed by atoms with E-state index >= 15 is 0 Å². The van der Waals surface area contributed by atoms with Gasteiger partial charge in [-0.2, -0.15) is 0 Å². The van der Waals surface area contributed by atoms with E-state index in [1.165, 1.54) is 30.2 Å². The number of benzene rings is 1. The van der Waals surface area contributed by atoms with Crippen LogP contribution in [-0.2, 0) is 16.6 Å². The maximum atomic E-state index is 12.3. The second kappa shape index (κ2) is 10.2. The number of aryl methyl sites for hydroxylation is 1. The van der Waals surface area contributed by atoms with E-state index in [4.69, 9.17) is 21.1 Å². The standard InChI is InChI=1S/C20H21ClN4O4S2/c1-11-9-13(5-6-15(11)21)29-12(2)17-23-24-20(25(17)3)31-10-16(26)22-18-14(7-8-30-18)19(27)28-4/h5-9,12H,10H2,1-4H3,(H,22,26). The van der Waals surface area contributed by atoms with Gasteiger partial charge in [-0.25, -0.2) is 4.79 Å². The Balaban J connectivity index is 1.60. The van der Waals surface area contributed by atoms with Gasteiger partial charge in [0.1, 0.15) is 10.8 Å². The van der Waals surface area contributed by atoms with Gasteiger partial charge < -0.3 is 19.4 Å². The molecule has 1 N–H and O–H groups in total. The Morgan fingerprint density at radius 3 is 2.81 bits per heavy atom. The van der Waals surface area contributed by atoms with E-state index < -0.39 is 5.97 Å². The van der Waals surface area contributed by atoms with Crippen molar-refractivity contribution in [1.82, 2.24) is 14.8 Å². The number of carbonyl (C=O) groups excluding carboxylic acids is 2. The van der Waals surface area contributed by atoms with Crippen molar-refractivity contribution in [3.05, 3.63) is 51.6 Å². The number of anilines is 1. The molecule has 0 saturated carbocycles. The third kappa shape index (κ3) is 5.57. The van der Waals surface area contributed by atoms with Crippen molar-refractivity contribution >= 4 is 51.6 Å². The van der Waals surface area contributed by atoms with Gasteiger partial charge in [-0.05, 0) is 49.1 Å². The van der Waals surface area contributed by atoms with E-state index in [2.05, 4.69) is 15.5 Å². The average molecular weight is 481 g/mol. The molecule has 3 aromatic rings. The minimum Gasteiger partial charge on any atom is -0.483 e. The van der Waals surface area contributed by atoms with Crippen molar-refractivity contribution in [2.45, 2.75) is 25.1 Å². The van der Waals surface area contributed by atoms with Crippen LogP contribution >= 0.6 is 34.7 Å². The summed E-state index contributed by atoms with van der Waals surface area (Å²) >= 11 is 8.56. The first kappa shape index (κ1) is 23.1. The Labute approximate surface area is 192 Å². The highest BCUT2D eigenvalue weighted by molar-refractivity contribution is 7.99. The van der Waals surface area contributed by atoms with Gasteiger partial charge >= 0.3 is 5.97 Å². The number of thiophene rings is 1. The Morgan fingerprint density at radius 1 is 1.32 bits per heavy atom. The first-order valence-corrected chi connectivity index (χ1v) is 11.4. The number of esters is 1. The molecule has 2 heterocycles. The van der Waals surface area contributed by atoms with Crippen molar-refractivity contribution in [3.8, 4) is 5.75 Å².